The maximum atomic E-state index is 11.4. The standard InChI is InChI=1S/C11H15NO4.C9H13N/c1-8-7-9(13)12(11(8)16)6-4-2-3-5-10(14)15;1-8(7-10)9-5-3-2-4-6-9/h7H,2-6H2,1H3,(H,14,15);2-6,8H,7,10H2,1H3. The summed E-state index contributed by atoms with van der Waals surface area (Å²) in [7, 11) is 0. The summed E-state index contributed by atoms with van der Waals surface area (Å²) in [6.07, 6.45) is 3.42. The third-order valence-electron chi connectivity index (χ3n) is 4.18. The van der Waals surface area contributed by atoms with Crippen molar-refractivity contribution in [2.24, 2.45) is 5.73 Å². The number of benzene rings is 1. The predicted octanol–water partition coefficient (Wildman–Crippen LogP) is 2.70. The van der Waals surface area contributed by atoms with Crippen molar-refractivity contribution in [3.63, 3.8) is 0 Å². The molecule has 1 aliphatic rings. The minimum Gasteiger partial charge on any atom is -0.481 e. The molecule has 142 valence electrons. The number of carboxylic acid groups (broad SMARTS) is 1. The van der Waals surface area contributed by atoms with Gasteiger partial charge < -0.3 is 10.8 Å². The molecule has 1 aromatic carbocycles. The molecule has 0 bridgehead atoms. The zero-order valence-electron chi connectivity index (χ0n) is 15.5. The van der Waals surface area contributed by atoms with Gasteiger partial charge >= 0.3 is 5.97 Å². The van der Waals surface area contributed by atoms with E-state index in [0.717, 1.165) is 6.54 Å². The van der Waals surface area contributed by atoms with E-state index in [9.17, 15) is 14.4 Å². The molecule has 0 radical (unpaired) electrons. The summed E-state index contributed by atoms with van der Waals surface area (Å²) in [5, 5.41) is 8.42. The topological polar surface area (TPSA) is 101 Å². The molecule has 2 amide bonds. The van der Waals surface area contributed by atoms with Gasteiger partial charge in [0, 0.05) is 24.6 Å². The Labute approximate surface area is 154 Å². The summed E-state index contributed by atoms with van der Waals surface area (Å²) in [4.78, 5) is 34.2. The lowest BCUT2D eigenvalue weighted by atomic mass is 10.0. The molecule has 1 atom stereocenters. The first-order valence-electron chi connectivity index (χ1n) is 8.87. The number of hydrogen-bond donors (Lipinski definition) is 2. The predicted molar refractivity (Wildman–Crippen MR) is 100 cm³/mol. The molecule has 6 heteroatoms. The van der Waals surface area contributed by atoms with Gasteiger partial charge in [-0.15, -0.1) is 0 Å². The van der Waals surface area contributed by atoms with Gasteiger partial charge in [0.05, 0.1) is 0 Å². The molecule has 0 fully saturated rings. The summed E-state index contributed by atoms with van der Waals surface area (Å²) < 4.78 is 0. The number of aliphatic carboxylic acids is 1. The lowest BCUT2D eigenvalue weighted by molar-refractivity contribution is -0.138. The second kappa shape index (κ2) is 11.2. The molecule has 0 aliphatic carbocycles. The number of unbranched alkanes of at least 4 members (excludes halogenated alkanes) is 2. The molecule has 0 saturated carbocycles. The quantitative estimate of drug-likeness (QED) is 0.548. The van der Waals surface area contributed by atoms with E-state index in [-0.39, 0.29) is 18.2 Å². The average molecular weight is 360 g/mol. The second-order valence-corrected chi connectivity index (χ2v) is 6.37. The van der Waals surface area contributed by atoms with Crippen molar-refractivity contribution < 1.29 is 19.5 Å². The molecular weight excluding hydrogens is 332 g/mol. The summed E-state index contributed by atoms with van der Waals surface area (Å²) in [6, 6.07) is 10.3. The highest BCUT2D eigenvalue weighted by atomic mass is 16.4. The monoisotopic (exact) mass is 360 g/mol. The Morgan fingerprint density at radius 1 is 1.15 bits per heavy atom. The third kappa shape index (κ3) is 7.19. The van der Waals surface area contributed by atoms with Gasteiger partial charge in [-0.1, -0.05) is 43.7 Å². The zero-order chi connectivity index (χ0) is 19.5. The number of carbonyl (C=O) groups excluding carboxylic acids is 2. The first-order valence-corrected chi connectivity index (χ1v) is 8.87. The van der Waals surface area contributed by atoms with Crippen molar-refractivity contribution in [2.75, 3.05) is 13.1 Å². The van der Waals surface area contributed by atoms with E-state index in [2.05, 4.69) is 19.1 Å². The van der Waals surface area contributed by atoms with Gasteiger partial charge in [0.2, 0.25) is 0 Å². The Morgan fingerprint density at radius 2 is 1.81 bits per heavy atom. The van der Waals surface area contributed by atoms with Crippen molar-refractivity contribution in [1.29, 1.82) is 0 Å². The summed E-state index contributed by atoms with van der Waals surface area (Å²) in [5.41, 5.74) is 7.30. The van der Waals surface area contributed by atoms with Gasteiger partial charge in [-0.25, -0.2) is 0 Å². The fourth-order valence-corrected chi connectivity index (χ4v) is 2.49. The van der Waals surface area contributed by atoms with Crippen LogP contribution in [0, 0.1) is 0 Å². The van der Waals surface area contributed by atoms with Crippen LogP contribution in [-0.4, -0.2) is 40.9 Å². The first kappa shape index (κ1) is 21.6. The van der Waals surface area contributed by atoms with Gasteiger partial charge in [0.15, 0.2) is 0 Å². The van der Waals surface area contributed by atoms with Crippen LogP contribution < -0.4 is 5.73 Å². The highest BCUT2D eigenvalue weighted by Crippen LogP contribution is 2.13. The number of carboxylic acids is 1. The molecule has 3 N–H and O–H groups in total. The molecule has 26 heavy (non-hydrogen) atoms. The van der Waals surface area contributed by atoms with Crippen molar-refractivity contribution in [2.45, 2.75) is 45.4 Å². The number of rotatable bonds is 8. The molecule has 0 spiro atoms. The van der Waals surface area contributed by atoms with E-state index < -0.39 is 5.97 Å². The van der Waals surface area contributed by atoms with Crippen LogP contribution >= 0.6 is 0 Å². The molecule has 2 rings (SSSR count). The molecule has 0 aromatic heterocycles. The van der Waals surface area contributed by atoms with E-state index in [4.69, 9.17) is 10.8 Å². The number of carbonyl (C=O) groups is 3. The zero-order valence-corrected chi connectivity index (χ0v) is 15.5. The van der Waals surface area contributed by atoms with Crippen molar-refractivity contribution in [3.8, 4) is 0 Å². The number of nitrogens with zero attached hydrogens (tertiary/aromatic N) is 1. The van der Waals surface area contributed by atoms with E-state index >= 15 is 0 Å². The minimum absolute atomic E-state index is 0.138. The minimum atomic E-state index is -0.814. The van der Waals surface area contributed by atoms with Gasteiger partial charge in [0.25, 0.3) is 11.8 Å². The Morgan fingerprint density at radius 3 is 2.31 bits per heavy atom. The van der Waals surface area contributed by atoms with Crippen LogP contribution in [0.1, 0.15) is 51.0 Å². The summed E-state index contributed by atoms with van der Waals surface area (Å²) in [6.45, 7) is 4.86. The Kier molecular flexibility index (Phi) is 9.30. The van der Waals surface area contributed by atoms with Crippen molar-refractivity contribution in [3.05, 3.63) is 47.5 Å². The summed E-state index contributed by atoms with van der Waals surface area (Å²) in [5.74, 6) is -0.823. The van der Waals surface area contributed by atoms with Gasteiger partial charge in [-0.05, 0) is 37.8 Å². The number of imide groups is 1. The summed E-state index contributed by atoms with van der Waals surface area (Å²) >= 11 is 0. The smallest absolute Gasteiger partial charge is 0.303 e. The largest absolute Gasteiger partial charge is 0.481 e. The molecule has 1 heterocycles. The van der Waals surface area contributed by atoms with Crippen LogP contribution in [0.3, 0.4) is 0 Å². The van der Waals surface area contributed by atoms with E-state index in [0.29, 0.717) is 37.3 Å². The molecular formula is C20H28N2O4. The van der Waals surface area contributed by atoms with E-state index in [1.807, 2.05) is 18.2 Å². The molecule has 0 saturated heterocycles. The maximum Gasteiger partial charge on any atom is 0.303 e. The Hall–Kier alpha value is -2.47. The maximum absolute atomic E-state index is 11.4. The van der Waals surface area contributed by atoms with Crippen LogP contribution in [0.4, 0.5) is 0 Å². The van der Waals surface area contributed by atoms with Crippen molar-refractivity contribution >= 4 is 17.8 Å². The Bertz CT molecular complexity index is 640. The molecule has 1 aliphatic heterocycles. The highest BCUT2D eigenvalue weighted by molar-refractivity contribution is 6.15. The second-order valence-electron chi connectivity index (χ2n) is 6.37. The van der Waals surface area contributed by atoms with E-state index in [1.54, 1.807) is 6.92 Å². The fraction of sp³-hybridized carbons (Fsp3) is 0.450. The van der Waals surface area contributed by atoms with E-state index in [1.165, 1.54) is 16.5 Å². The van der Waals surface area contributed by atoms with Crippen LogP contribution in [0.15, 0.2) is 42.0 Å². The lowest BCUT2D eigenvalue weighted by Gasteiger charge is -2.13. The van der Waals surface area contributed by atoms with Crippen LogP contribution in [0.2, 0.25) is 0 Å². The molecule has 1 unspecified atom stereocenters. The average Bonchev–Trinajstić information content (AvgIpc) is 2.87. The molecule has 6 nitrogen and oxygen atoms in total. The lowest BCUT2D eigenvalue weighted by Crippen LogP contribution is -2.31. The highest BCUT2D eigenvalue weighted by Gasteiger charge is 2.27. The first-order chi connectivity index (χ1) is 12.4. The van der Waals surface area contributed by atoms with Crippen LogP contribution in [0.5, 0.6) is 0 Å². The third-order valence-corrected chi connectivity index (χ3v) is 4.18. The number of amides is 2. The van der Waals surface area contributed by atoms with Crippen LogP contribution in [0.25, 0.3) is 0 Å². The van der Waals surface area contributed by atoms with Crippen molar-refractivity contribution in [1.82, 2.24) is 4.90 Å². The molecule has 1 aromatic rings. The SMILES string of the molecule is CC(CN)c1ccccc1.CC1=CC(=O)N(CCCCCC(=O)O)C1=O. The van der Waals surface area contributed by atoms with Crippen LogP contribution in [-0.2, 0) is 14.4 Å². The normalized spacial score (nSPS) is 14.6. The van der Waals surface area contributed by atoms with Gasteiger partial charge in [0.1, 0.15) is 0 Å². The Balaban J connectivity index is 0.000000289. The fourth-order valence-electron chi connectivity index (χ4n) is 2.49. The number of nitrogens with two attached hydrogens (primary N) is 1. The van der Waals surface area contributed by atoms with Gasteiger partial charge in [-0.2, -0.15) is 0 Å². The number of hydrogen-bond acceptors (Lipinski definition) is 4. The van der Waals surface area contributed by atoms with Gasteiger partial charge in [-0.3, -0.25) is 19.3 Å².